The molecule has 8 heteroatoms. The predicted octanol–water partition coefficient (Wildman–Crippen LogP) is 5.06. The number of ether oxygens (including phenoxy) is 3. The molecule has 2 aliphatic rings. The average Bonchev–Trinajstić information content (AvgIpc) is 3.20. The molecular formula is C25H29ClN2O4S. The number of nitrogens with zero attached hydrogens (tertiary/aromatic N) is 2. The highest BCUT2D eigenvalue weighted by atomic mass is 35.5. The van der Waals surface area contributed by atoms with Crippen molar-refractivity contribution in [3.05, 3.63) is 39.9 Å². The van der Waals surface area contributed by atoms with Crippen LogP contribution in [0.2, 0.25) is 0 Å². The van der Waals surface area contributed by atoms with Crippen LogP contribution in [0, 0.1) is 6.92 Å². The monoisotopic (exact) mass is 488 g/mol. The van der Waals surface area contributed by atoms with Crippen LogP contribution < -0.4 is 9.47 Å². The number of benzene rings is 1. The zero-order valence-electron chi connectivity index (χ0n) is 19.2. The van der Waals surface area contributed by atoms with E-state index in [2.05, 4.69) is 0 Å². The van der Waals surface area contributed by atoms with Crippen molar-refractivity contribution in [3.8, 4) is 22.6 Å². The Balaban J connectivity index is 0.00000259. The fourth-order valence-corrected chi connectivity index (χ4v) is 6.15. The summed E-state index contributed by atoms with van der Waals surface area (Å²) in [6.07, 6.45) is 4.49. The van der Waals surface area contributed by atoms with Crippen molar-refractivity contribution in [2.75, 3.05) is 40.5 Å². The second-order valence-electron chi connectivity index (χ2n) is 8.34. The van der Waals surface area contributed by atoms with Crippen LogP contribution in [0.3, 0.4) is 0 Å². The van der Waals surface area contributed by atoms with Gasteiger partial charge in [-0.05, 0) is 55.9 Å². The van der Waals surface area contributed by atoms with E-state index < -0.39 is 0 Å². The van der Waals surface area contributed by atoms with Crippen LogP contribution in [0.1, 0.15) is 39.3 Å². The van der Waals surface area contributed by atoms with E-state index in [0.717, 1.165) is 39.9 Å². The highest BCUT2D eigenvalue weighted by molar-refractivity contribution is 7.19. The van der Waals surface area contributed by atoms with Crippen molar-refractivity contribution in [2.45, 2.75) is 32.6 Å². The van der Waals surface area contributed by atoms with Crippen LogP contribution in [-0.2, 0) is 17.6 Å². The third kappa shape index (κ3) is 4.29. The summed E-state index contributed by atoms with van der Waals surface area (Å²) in [7, 11) is 3.30. The Kier molecular flexibility index (Phi) is 7.12. The molecule has 33 heavy (non-hydrogen) atoms. The minimum Gasteiger partial charge on any atom is -0.497 e. The van der Waals surface area contributed by atoms with Gasteiger partial charge in [0.1, 0.15) is 16.3 Å². The summed E-state index contributed by atoms with van der Waals surface area (Å²) < 4.78 is 16.6. The highest BCUT2D eigenvalue weighted by Gasteiger charge is 2.29. The highest BCUT2D eigenvalue weighted by Crippen LogP contribution is 2.44. The summed E-state index contributed by atoms with van der Waals surface area (Å²) in [6, 6.07) is 5.86. The van der Waals surface area contributed by atoms with Gasteiger partial charge in [0.05, 0.1) is 38.7 Å². The Morgan fingerprint density at radius 1 is 1.06 bits per heavy atom. The first-order valence-corrected chi connectivity index (χ1v) is 12.0. The standard InChI is InChI=1S/C25H28N2O4S.ClH/c1-15-21(25(28)27-8-10-31-11-9-27)22(16-12-17(29-2)14-18(13-16)30-3)23-19-6-4-5-7-20(19)32-24(23)26-15;/h12-14H,4-11H2,1-3H3;1H. The molecule has 3 heterocycles. The number of amides is 1. The number of hydrogen-bond acceptors (Lipinski definition) is 6. The molecule has 1 aromatic carbocycles. The molecule has 1 fully saturated rings. The maximum Gasteiger partial charge on any atom is 0.256 e. The first kappa shape index (κ1) is 23.8. The molecule has 0 bridgehead atoms. The van der Waals surface area contributed by atoms with Gasteiger partial charge in [0.25, 0.3) is 5.91 Å². The summed E-state index contributed by atoms with van der Waals surface area (Å²) in [4.78, 5) is 23.1. The Morgan fingerprint density at radius 2 is 1.73 bits per heavy atom. The Hall–Kier alpha value is -2.35. The maximum atomic E-state index is 13.8. The summed E-state index contributed by atoms with van der Waals surface area (Å²) in [5, 5.41) is 1.13. The fourth-order valence-electron chi connectivity index (χ4n) is 4.83. The van der Waals surface area contributed by atoms with Crippen LogP contribution in [0.25, 0.3) is 21.3 Å². The molecule has 1 saturated heterocycles. The van der Waals surface area contributed by atoms with Gasteiger partial charge in [0, 0.05) is 35.0 Å². The van der Waals surface area contributed by atoms with Crippen molar-refractivity contribution in [2.24, 2.45) is 0 Å². The zero-order chi connectivity index (χ0) is 22.2. The van der Waals surface area contributed by atoms with Crippen molar-refractivity contribution in [1.29, 1.82) is 0 Å². The molecule has 1 aliphatic heterocycles. The number of carbonyl (C=O) groups excluding carboxylic acids is 1. The number of fused-ring (bicyclic) bond motifs is 3. The molecular weight excluding hydrogens is 460 g/mol. The topological polar surface area (TPSA) is 60.9 Å². The number of halogens is 1. The average molecular weight is 489 g/mol. The number of hydrogen-bond donors (Lipinski definition) is 0. The normalized spacial score (nSPS) is 15.7. The molecule has 1 amide bonds. The van der Waals surface area contributed by atoms with E-state index in [1.165, 1.54) is 23.3 Å². The minimum atomic E-state index is 0. The Morgan fingerprint density at radius 3 is 2.39 bits per heavy atom. The van der Waals surface area contributed by atoms with E-state index in [4.69, 9.17) is 19.2 Å². The molecule has 0 radical (unpaired) electrons. The predicted molar refractivity (Wildman–Crippen MR) is 134 cm³/mol. The summed E-state index contributed by atoms with van der Waals surface area (Å²) in [5.41, 5.74) is 4.70. The van der Waals surface area contributed by atoms with E-state index in [0.29, 0.717) is 43.4 Å². The van der Waals surface area contributed by atoms with Gasteiger partial charge >= 0.3 is 0 Å². The van der Waals surface area contributed by atoms with Crippen molar-refractivity contribution < 1.29 is 19.0 Å². The van der Waals surface area contributed by atoms with Crippen molar-refractivity contribution in [1.82, 2.24) is 9.88 Å². The van der Waals surface area contributed by atoms with Crippen molar-refractivity contribution >= 4 is 39.9 Å². The second-order valence-corrected chi connectivity index (χ2v) is 9.43. The smallest absolute Gasteiger partial charge is 0.256 e. The van der Waals surface area contributed by atoms with Crippen LogP contribution in [0.4, 0.5) is 0 Å². The third-order valence-electron chi connectivity index (χ3n) is 6.44. The molecule has 0 unspecified atom stereocenters. The Labute approximate surface area is 204 Å². The Bertz CT molecular complexity index is 1160. The largest absolute Gasteiger partial charge is 0.497 e. The van der Waals surface area contributed by atoms with Gasteiger partial charge < -0.3 is 19.1 Å². The van der Waals surface area contributed by atoms with Crippen molar-refractivity contribution in [3.63, 3.8) is 0 Å². The SMILES string of the molecule is COc1cc(OC)cc(-c2c(C(=O)N3CCOCC3)c(C)nc3sc4c(c23)CCCC4)c1.Cl. The molecule has 0 N–H and O–H groups in total. The van der Waals surface area contributed by atoms with E-state index in [9.17, 15) is 4.79 Å². The van der Waals surface area contributed by atoms with E-state index >= 15 is 0 Å². The number of methoxy groups -OCH3 is 2. The van der Waals surface area contributed by atoms with E-state index in [1.54, 1.807) is 25.6 Å². The molecule has 1 aliphatic carbocycles. The van der Waals surface area contributed by atoms with Gasteiger partial charge in [-0.25, -0.2) is 4.98 Å². The van der Waals surface area contributed by atoms with Crippen LogP contribution in [0.5, 0.6) is 11.5 Å². The number of morpholine rings is 1. The lowest BCUT2D eigenvalue weighted by atomic mass is 9.89. The van der Waals surface area contributed by atoms with Gasteiger partial charge in [0.15, 0.2) is 0 Å². The first-order chi connectivity index (χ1) is 15.6. The molecule has 5 rings (SSSR count). The lowest BCUT2D eigenvalue weighted by Gasteiger charge is -2.28. The first-order valence-electron chi connectivity index (χ1n) is 11.2. The number of aromatic nitrogens is 1. The fraction of sp³-hybridized carbons (Fsp3) is 0.440. The van der Waals surface area contributed by atoms with Crippen LogP contribution >= 0.6 is 23.7 Å². The van der Waals surface area contributed by atoms with E-state index in [-0.39, 0.29) is 18.3 Å². The summed E-state index contributed by atoms with van der Waals surface area (Å²) >= 11 is 1.78. The number of carbonyl (C=O) groups is 1. The summed E-state index contributed by atoms with van der Waals surface area (Å²) in [6.45, 7) is 4.28. The molecule has 6 nitrogen and oxygen atoms in total. The van der Waals surface area contributed by atoms with Gasteiger partial charge in [-0.2, -0.15) is 0 Å². The number of rotatable bonds is 4. The number of thiophene rings is 1. The molecule has 3 aromatic rings. The van der Waals surface area contributed by atoms with Crippen LogP contribution in [-0.4, -0.2) is 56.3 Å². The van der Waals surface area contributed by atoms with Gasteiger partial charge in [-0.1, -0.05) is 0 Å². The molecule has 0 atom stereocenters. The molecule has 0 spiro atoms. The summed E-state index contributed by atoms with van der Waals surface area (Å²) in [5.74, 6) is 1.43. The molecule has 176 valence electrons. The lowest BCUT2D eigenvalue weighted by Crippen LogP contribution is -2.41. The number of aryl methyl sites for hydroxylation is 3. The van der Waals surface area contributed by atoms with Gasteiger partial charge in [-0.3, -0.25) is 4.79 Å². The zero-order valence-corrected chi connectivity index (χ0v) is 20.9. The quantitative estimate of drug-likeness (QED) is 0.513. The minimum absolute atomic E-state index is 0. The third-order valence-corrected chi connectivity index (χ3v) is 7.62. The molecule has 0 saturated carbocycles. The van der Waals surface area contributed by atoms with E-state index in [1.807, 2.05) is 30.0 Å². The second kappa shape index (κ2) is 9.87. The number of pyridine rings is 1. The van der Waals surface area contributed by atoms with Gasteiger partial charge in [0.2, 0.25) is 0 Å². The van der Waals surface area contributed by atoms with Gasteiger partial charge in [-0.15, -0.1) is 23.7 Å². The maximum absolute atomic E-state index is 13.8. The lowest BCUT2D eigenvalue weighted by molar-refractivity contribution is 0.0302. The molecule has 2 aromatic heterocycles. The van der Waals surface area contributed by atoms with Crippen LogP contribution in [0.15, 0.2) is 18.2 Å².